The number of aromatic amines is 1. The van der Waals surface area contributed by atoms with Crippen LogP contribution in [0.15, 0.2) is 46.1 Å². The summed E-state index contributed by atoms with van der Waals surface area (Å²) in [5.41, 5.74) is 2.51. The predicted octanol–water partition coefficient (Wildman–Crippen LogP) is 4.14. The van der Waals surface area contributed by atoms with Crippen molar-refractivity contribution in [1.82, 2.24) is 20.6 Å². The van der Waals surface area contributed by atoms with E-state index < -0.39 is 0 Å². The molecule has 0 atom stereocenters. The van der Waals surface area contributed by atoms with Gasteiger partial charge in [0.25, 0.3) is 0 Å². The van der Waals surface area contributed by atoms with Crippen LogP contribution in [0.1, 0.15) is 51.3 Å². The van der Waals surface area contributed by atoms with E-state index in [-0.39, 0.29) is 5.41 Å². The molecule has 0 unspecified atom stereocenters. The SMILES string of the molecule is CCNC(=NCc1ncc(C(C)(C)C)o1)NCCCc1c[nH]c2ccccc12. The first kappa shape index (κ1) is 20.0. The van der Waals surface area contributed by atoms with Gasteiger partial charge in [-0.3, -0.25) is 0 Å². The van der Waals surface area contributed by atoms with Crippen LogP contribution in [-0.2, 0) is 18.4 Å². The van der Waals surface area contributed by atoms with Crippen molar-refractivity contribution in [3.05, 3.63) is 53.9 Å². The summed E-state index contributed by atoms with van der Waals surface area (Å²) in [5, 5.41) is 7.98. The van der Waals surface area contributed by atoms with Crippen LogP contribution in [-0.4, -0.2) is 29.0 Å². The van der Waals surface area contributed by atoms with E-state index in [4.69, 9.17) is 4.42 Å². The van der Waals surface area contributed by atoms with E-state index in [1.54, 1.807) is 6.20 Å². The average Bonchev–Trinajstić information content (AvgIpc) is 3.30. The van der Waals surface area contributed by atoms with Crippen molar-refractivity contribution in [2.45, 2.75) is 52.5 Å². The molecule has 0 spiro atoms. The molecule has 0 fully saturated rings. The van der Waals surface area contributed by atoms with Crippen molar-refractivity contribution in [2.75, 3.05) is 13.1 Å². The largest absolute Gasteiger partial charge is 0.443 e. The molecule has 0 aliphatic heterocycles. The molecule has 3 N–H and O–H groups in total. The smallest absolute Gasteiger partial charge is 0.216 e. The molecule has 3 rings (SSSR count). The van der Waals surface area contributed by atoms with Crippen LogP contribution in [0, 0.1) is 0 Å². The van der Waals surface area contributed by atoms with Gasteiger partial charge in [-0.2, -0.15) is 0 Å². The molecule has 2 heterocycles. The summed E-state index contributed by atoms with van der Waals surface area (Å²) in [6, 6.07) is 8.42. The molecule has 0 aliphatic rings. The number of aliphatic imine (C=N–C) groups is 1. The van der Waals surface area contributed by atoms with Gasteiger partial charge in [-0.15, -0.1) is 0 Å². The third-order valence-electron chi connectivity index (χ3n) is 4.60. The number of fused-ring (bicyclic) bond motifs is 1. The summed E-state index contributed by atoms with van der Waals surface area (Å²) in [7, 11) is 0. The van der Waals surface area contributed by atoms with Gasteiger partial charge in [0.1, 0.15) is 12.3 Å². The van der Waals surface area contributed by atoms with Crippen LogP contribution < -0.4 is 10.6 Å². The minimum absolute atomic E-state index is 0.0416. The molecule has 6 nitrogen and oxygen atoms in total. The lowest BCUT2D eigenvalue weighted by Gasteiger charge is -2.13. The third kappa shape index (κ3) is 5.15. The van der Waals surface area contributed by atoms with Gasteiger partial charge in [-0.05, 0) is 31.4 Å². The van der Waals surface area contributed by atoms with E-state index >= 15 is 0 Å². The number of benzene rings is 1. The van der Waals surface area contributed by atoms with Crippen LogP contribution in [0.25, 0.3) is 10.9 Å². The normalized spacial score (nSPS) is 12.5. The van der Waals surface area contributed by atoms with E-state index in [1.165, 1.54) is 16.5 Å². The zero-order chi connectivity index (χ0) is 20.0. The maximum Gasteiger partial charge on any atom is 0.216 e. The molecule has 0 saturated heterocycles. The summed E-state index contributed by atoms with van der Waals surface area (Å²) in [4.78, 5) is 12.3. The Kier molecular flexibility index (Phi) is 6.39. The molecule has 0 bridgehead atoms. The summed E-state index contributed by atoms with van der Waals surface area (Å²) >= 11 is 0. The Morgan fingerprint density at radius 1 is 1.21 bits per heavy atom. The van der Waals surface area contributed by atoms with E-state index in [1.807, 2.05) is 0 Å². The highest BCUT2D eigenvalue weighted by atomic mass is 16.4. The summed E-state index contributed by atoms with van der Waals surface area (Å²) < 4.78 is 5.81. The number of guanidine groups is 1. The van der Waals surface area contributed by atoms with Crippen LogP contribution in [0.3, 0.4) is 0 Å². The Hall–Kier alpha value is -2.76. The molecular formula is C22H31N5O. The summed E-state index contributed by atoms with van der Waals surface area (Å²) in [6.45, 7) is 10.5. The maximum absolute atomic E-state index is 5.81. The molecular weight excluding hydrogens is 350 g/mol. The molecule has 0 aliphatic carbocycles. The Balaban J connectivity index is 1.51. The number of para-hydroxylation sites is 1. The number of nitrogens with one attached hydrogen (secondary N) is 3. The molecule has 0 amide bonds. The molecule has 2 aromatic heterocycles. The third-order valence-corrected chi connectivity index (χ3v) is 4.60. The molecule has 6 heteroatoms. The predicted molar refractivity (Wildman–Crippen MR) is 115 cm³/mol. The minimum atomic E-state index is -0.0416. The van der Waals surface area contributed by atoms with E-state index in [2.05, 4.69) is 83.8 Å². The number of rotatable bonds is 7. The maximum atomic E-state index is 5.81. The molecule has 1 aromatic carbocycles. The Bertz CT molecular complexity index is 916. The topological polar surface area (TPSA) is 78.2 Å². The highest BCUT2D eigenvalue weighted by Gasteiger charge is 2.19. The second-order valence-corrected chi connectivity index (χ2v) is 7.95. The van der Waals surface area contributed by atoms with Gasteiger partial charge in [-0.25, -0.2) is 9.98 Å². The van der Waals surface area contributed by atoms with Crippen LogP contribution in [0.5, 0.6) is 0 Å². The van der Waals surface area contributed by atoms with Crippen molar-refractivity contribution in [1.29, 1.82) is 0 Å². The van der Waals surface area contributed by atoms with Crippen molar-refractivity contribution >= 4 is 16.9 Å². The molecule has 3 aromatic rings. The fraction of sp³-hybridized carbons (Fsp3) is 0.455. The minimum Gasteiger partial charge on any atom is -0.443 e. The highest BCUT2D eigenvalue weighted by molar-refractivity contribution is 5.83. The lowest BCUT2D eigenvalue weighted by molar-refractivity contribution is 0.383. The quantitative estimate of drug-likeness (QED) is 0.326. The number of H-pyrrole nitrogens is 1. The number of oxazole rings is 1. The fourth-order valence-corrected chi connectivity index (χ4v) is 3.04. The lowest BCUT2D eigenvalue weighted by atomic mass is 9.94. The van der Waals surface area contributed by atoms with E-state index in [0.29, 0.717) is 12.4 Å². The standard InChI is InChI=1S/C22H31N5O/c1-5-23-21(27-15-20-26-14-19(28-20)22(2,3)4)24-12-8-9-16-13-25-18-11-7-6-10-17(16)18/h6-7,10-11,13-14,25H,5,8-9,12,15H2,1-4H3,(H2,23,24,27). The number of hydrogen-bond donors (Lipinski definition) is 3. The van der Waals surface area contributed by atoms with Gasteiger partial charge in [0.15, 0.2) is 5.96 Å². The zero-order valence-electron chi connectivity index (χ0n) is 17.3. The van der Waals surface area contributed by atoms with Gasteiger partial charge < -0.3 is 20.0 Å². The van der Waals surface area contributed by atoms with Gasteiger partial charge in [-0.1, -0.05) is 39.0 Å². The second-order valence-electron chi connectivity index (χ2n) is 7.95. The number of hydrogen-bond acceptors (Lipinski definition) is 3. The summed E-state index contributed by atoms with van der Waals surface area (Å²) in [5.74, 6) is 2.31. The first-order valence-electron chi connectivity index (χ1n) is 9.99. The van der Waals surface area contributed by atoms with Crippen molar-refractivity contribution < 1.29 is 4.42 Å². The Labute approximate surface area is 166 Å². The lowest BCUT2D eigenvalue weighted by Crippen LogP contribution is -2.37. The number of aryl methyl sites for hydroxylation is 1. The van der Waals surface area contributed by atoms with Crippen molar-refractivity contribution in [3.63, 3.8) is 0 Å². The fourth-order valence-electron chi connectivity index (χ4n) is 3.04. The first-order chi connectivity index (χ1) is 13.5. The van der Waals surface area contributed by atoms with Gasteiger partial charge >= 0.3 is 0 Å². The Morgan fingerprint density at radius 2 is 2.04 bits per heavy atom. The second kappa shape index (κ2) is 8.95. The van der Waals surface area contributed by atoms with Gasteiger partial charge in [0.2, 0.25) is 5.89 Å². The van der Waals surface area contributed by atoms with Crippen LogP contribution in [0.4, 0.5) is 0 Å². The first-order valence-corrected chi connectivity index (χ1v) is 9.99. The number of aromatic nitrogens is 2. The van der Waals surface area contributed by atoms with Crippen LogP contribution >= 0.6 is 0 Å². The monoisotopic (exact) mass is 381 g/mol. The molecule has 0 radical (unpaired) electrons. The average molecular weight is 382 g/mol. The summed E-state index contributed by atoms with van der Waals surface area (Å²) in [6.07, 6.45) is 5.95. The van der Waals surface area contributed by atoms with Crippen molar-refractivity contribution in [2.24, 2.45) is 4.99 Å². The zero-order valence-corrected chi connectivity index (χ0v) is 17.3. The Morgan fingerprint density at radius 3 is 2.79 bits per heavy atom. The number of nitrogens with zero attached hydrogens (tertiary/aromatic N) is 2. The van der Waals surface area contributed by atoms with Crippen molar-refractivity contribution in [3.8, 4) is 0 Å². The molecule has 28 heavy (non-hydrogen) atoms. The molecule has 0 saturated carbocycles. The highest BCUT2D eigenvalue weighted by Crippen LogP contribution is 2.22. The van der Waals surface area contributed by atoms with Gasteiger partial charge in [0.05, 0.1) is 6.20 Å². The molecule has 150 valence electrons. The van der Waals surface area contributed by atoms with Crippen LogP contribution in [0.2, 0.25) is 0 Å². The van der Waals surface area contributed by atoms with Gasteiger partial charge in [0, 0.05) is 35.6 Å². The van der Waals surface area contributed by atoms with E-state index in [9.17, 15) is 0 Å². The van der Waals surface area contributed by atoms with E-state index in [0.717, 1.165) is 37.7 Å².